The third kappa shape index (κ3) is 2.80. The Morgan fingerprint density at radius 1 is 1.12 bits per heavy atom. The molecule has 2 aromatic heterocycles. The average molecular weight is 353 g/mol. The molecule has 124 valence electrons. The predicted octanol–water partition coefficient (Wildman–Crippen LogP) is 2.66. The second-order valence-corrected chi connectivity index (χ2v) is 6.30. The van der Waals surface area contributed by atoms with E-state index in [0.717, 1.165) is 16.5 Å². The van der Waals surface area contributed by atoms with Gasteiger partial charge in [-0.2, -0.15) is 0 Å². The first-order valence-corrected chi connectivity index (χ1v) is 8.43. The van der Waals surface area contributed by atoms with E-state index < -0.39 is 5.91 Å². The van der Waals surface area contributed by atoms with Crippen molar-refractivity contribution in [2.45, 2.75) is 5.16 Å². The molecular weight excluding hydrogens is 341 g/mol. The number of nitrogens with zero attached hydrogens (tertiary/aromatic N) is 4. The van der Waals surface area contributed by atoms with Gasteiger partial charge in [0.15, 0.2) is 10.8 Å². The highest BCUT2D eigenvalue weighted by Crippen LogP contribution is 2.28. The van der Waals surface area contributed by atoms with Gasteiger partial charge in [0.05, 0.1) is 11.3 Å². The molecule has 0 bridgehead atoms. The number of primary amides is 1. The molecule has 0 aliphatic heterocycles. The summed E-state index contributed by atoms with van der Waals surface area (Å²) in [7, 11) is 0. The summed E-state index contributed by atoms with van der Waals surface area (Å²) in [5.41, 5.74) is 7.33. The fourth-order valence-corrected chi connectivity index (χ4v) is 3.25. The largest absolute Gasteiger partial charge is 0.369 e. The molecule has 2 heterocycles. The summed E-state index contributed by atoms with van der Waals surface area (Å²) in [5.74, 6) is -0.117. The number of rotatable bonds is 4. The highest BCUT2D eigenvalue weighted by molar-refractivity contribution is 7.99. The van der Waals surface area contributed by atoms with Gasteiger partial charge < -0.3 is 5.73 Å². The zero-order valence-electron chi connectivity index (χ0n) is 12.9. The van der Waals surface area contributed by atoms with E-state index in [-0.39, 0.29) is 11.6 Å². The first kappa shape index (κ1) is 15.5. The number of benzene rings is 2. The van der Waals surface area contributed by atoms with Crippen molar-refractivity contribution in [3.8, 4) is 11.4 Å². The van der Waals surface area contributed by atoms with Crippen molar-refractivity contribution < 1.29 is 9.18 Å². The number of halogens is 1. The third-order valence-electron chi connectivity index (χ3n) is 3.66. The Labute approximate surface area is 145 Å². The quantitative estimate of drug-likeness (QED) is 0.570. The standard InChI is InChI=1S/C17H12FN5OS/c18-11-7-5-10(6-8-11)15-20-13-4-2-1-3-12(13)16-21-22-17(23(15)16)25-9-14(19)24/h1-8H,9H2,(H2,19,24). The van der Waals surface area contributed by atoms with E-state index >= 15 is 0 Å². The molecule has 0 aliphatic carbocycles. The maximum Gasteiger partial charge on any atom is 0.227 e. The fraction of sp³-hybridized carbons (Fsp3) is 0.0588. The molecule has 0 unspecified atom stereocenters. The number of fused-ring (bicyclic) bond motifs is 3. The van der Waals surface area contributed by atoms with Gasteiger partial charge in [-0.1, -0.05) is 23.9 Å². The second kappa shape index (κ2) is 6.14. The van der Waals surface area contributed by atoms with Gasteiger partial charge in [-0.05, 0) is 36.4 Å². The summed E-state index contributed by atoms with van der Waals surface area (Å²) < 4.78 is 15.1. The smallest absolute Gasteiger partial charge is 0.227 e. The minimum absolute atomic E-state index is 0.0798. The lowest BCUT2D eigenvalue weighted by molar-refractivity contribution is -0.115. The SMILES string of the molecule is NC(=O)CSc1nnc2c3ccccc3nc(-c3ccc(F)cc3)n12. The molecule has 0 atom stereocenters. The zero-order valence-corrected chi connectivity index (χ0v) is 13.7. The Balaban J connectivity index is 2.01. The summed E-state index contributed by atoms with van der Waals surface area (Å²) in [4.78, 5) is 15.8. The molecule has 0 spiro atoms. The first-order valence-electron chi connectivity index (χ1n) is 7.44. The van der Waals surface area contributed by atoms with Gasteiger partial charge in [-0.3, -0.25) is 9.20 Å². The Bertz CT molecular complexity index is 1090. The number of nitrogens with two attached hydrogens (primary N) is 1. The topological polar surface area (TPSA) is 86.2 Å². The van der Waals surface area contributed by atoms with Gasteiger partial charge >= 0.3 is 0 Å². The van der Waals surface area contributed by atoms with Crippen molar-refractivity contribution in [1.82, 2.24) is 19.6 Å². The number of para-hydroxylation sites is 1. The number of amides is 1. The van der Waals surface area contributed by atoms with E-state index in [2.05, 4.69) is 10.2 Å². The van der Waals surface area contributed by atoms with Crippen molar-refractivity contribution in [3.05, 3.63) is 54.3 Å². The van der Waals surface area contributed by atoms with Gasteiger partial charge in [-0.15, -0.1) is 10.2 Å². The molecule has 4 aromatic rings. The molecule has 6 nitrogen and oxygen atoms in total. The van der Waals surface area contributed by atoms with Crippen LogP contribution in [0.2, 0.25) is 0 Å². The Kier molecular flexibility index (Phi) is 3.81. The minimum atomic E-state index is -0.446. The van der Waals surface area contributed by atoms with Crippen LogP contribution in [-0.4, -0.2) is 31.2 Å². The van der Waals surface area contributed by atoms with Crippen molar-refractivity contribution in [2.24, 2.45) is 5.73 Å². The normalized spacial score (nSPS) is 11.2. The number of thioether (sulfide) groups is 1. The number of hydrogen-bond donors (Lipinski definition) is 1. The van der Waals surface area contributed by atoms with Crippen LogP contribution in [0.4, 0.5) is 4.39 Å². The molecule has 4 rings (SSSR count). The lowest BCUT2D eigenvalue weighted by Crippen LogP contribution is -2.13. The summed E-state index contributed by atoms with van der Waals surface area (Å²) in [6.07, 6.45) is 0. The number of aromatic nitrogens is 4. The predicted molar refractivity (Wildman–Crippen MR) is 93.6 cm³/mol. The van der Waals surface area contributed by atoms with Crippen LogP contribution in [0.5, 0.6) is 0 Å². The van der Waals surface area contributed by atoms with Gasteiger partial charge in [0.1, 0.15) is 11.6 Å². The second-order valence-electron chi connectivity index (χ2n) is 5.36. The summed E-state index contributed by atoms with van der Waals surface area (Å²) in [6, 6.07) is 13.6. The monoisotopic (exact) mass is 353 g/mol. The van der Waals surface area contributed by atoms with E-state index in [1.807, 2.05) is 24.3 Å². The van der Waals surface area contributed by atoms with Crippen molar-refractivity contribution >= 4 is 34.2 Å². The van der Waals surface area contributed by atoms with E-state index in [1.165, 1.54) is 23.9 Å². The molecule has 0 saturated carbocycles. The molecule has 0 radical (unpaired) electrons. The molecule has 8 heteroatoms. The van der Waals surface area contributed by atoms with Crippen molar-refractivity contribution in [3.63, 3.8) is 0 Å². The average Bonchev–Trinajstić information content (AvgIpc) is 3.04. The lowest BCUT2D eigenvalue weighted by Gasteiger charge is -2.09. The van der Waals surface area contributed by atoms with E-state index in [0.29, 0.717) is 16.6 Å². The Hall–Kier alpha value is -3.00. The number of carbonyl (C=O) groups is 1. The Morgan fingerprint density at radius 2 is 1.88 bits per heavy atom. The molecule has 2 N–H and O–H groups in total. The van der Waals surface area contributed by atoms with Crippen molar-refractivity contribution in [1.29, 1.82) is 0 Å². The van der Waals surface area contributed by atoms with E-state index in [9.17, 15) is 9.18 Å². The van der Waals surface area contributed by atoms with Gasteiger partial charge in [0.2, 0.25) is 5.91 Å². The van der Waals surface area contributed by atoms with Crippen LogP contribution < -0.4 is 5.73 Å². The summed E-state index contributed by atoms with van der Waals surface area (Å²) in [6.45, 7) is 0. The molecule has 0 saturated heterocycles. The molecule has 1 amide bonds. The maximum atomic E-state index is 13.3. The van der Waals surface area contributed by atoms with Crippen LogP contribution in [0, 0.1) is 5.82 Å². The van der Waals surface area contributed by atoms with Crippen LogP contribution >= 0.6 is 11.8 Å². The van der Waals surface area contributed by atoms with Crippen molar-refractivity contribution in [2.75, 3.05) is 5.75 Å². The van der Waals surface area contributed by atoms with Crippen LogP contribution in [0.15, 0.2) is 53.7 Å². The highest BCUT2D eigenvalue weighted by Gasteiger charge is 2.17. The van der Waals surface area contributed by atoms with Crippen LogP contribution in [-0.2, 0) is 4.79 Å². The molecule has 0 aliphatic rings. The molecular formula is C17H12FN5OS. The minimum Gasteiger partial charge on any atom is -0.369 e. The zero-order chi connectivity index (χ0) is 17.4. The first-order chi connectivity index (χ1) is 12.1. The van der Waals surface area contributed by atoms with E-state index in [4.69, 9.17) is 10.7 Å². The molecule has 0 fully saturated rings. The third-order valence-corrected chi connectivity index (χ3v) is 4.61. The van der Waals surface area contributed by atoms with Crippen LogP contribution in [0.3, 0.4) is 0 Å². The number of carbonyl (C=O) groups excluding carboxylic acids is 1. The summed E-state index contributed by atoms with van der Waals surface area (Å²) >= 11 is 1.19. The Morgan fingerprint density at radius 3 is 2.64 bits per heavy atom. The highest BCUT2D eigenvalue weighted by atomic mass is 32.2. The van der Waals surface area contributed by atoms with Crippen LogP contribution in [0.1, 0.15) is 0 Å². The van der Waals surface area contributed by atoms with Crippen LogP contribution in [0.25, 0.3) is 27.9 Å². The maximum absolute atomic E-state index is 13.3. The van der Waals surface area contributed by atoms with Gasteiger partial charge in [0.25, 0.3) is 0 Å². The van der Waals surface area contributed by atoms with E-state index in [1.54, 1.807) is 16.5 Å². The van der Waals surface area contributed by atoms with Gasteiger partial charge in [-0.25, -0.2) is 9.37 Å². The van der Waals surface area contributed by atoms with Gasteiger partial charge in [0, 0.05) is 10.9 Å². The molecule has 25 heavy (non-hydrogen) atoms. The molecule has 2 aromatic carbocycles. The number of hydrogen-bond acceptors (Lipinski definition) is 5. The lowest BCUT2D eigenvalue weighted by atomic mass is 10.2. The summed E-state index contributed by atoms with van der Waals surface area (Å²) in [5, 5.41) is 9.78. The fourth-order valence-electron chi connectivity index (χ4n) is 2.58.